The standard InChI is InChI=1S/C15H26N4O/c1-11(19(4)5)10-17-15(20)18-14-8-6-13(7-9-14)12(2)16-3/h6-9,11-12,16H,10H2,1-5H3,(H2,17,18,20). The fraction of sp³-hybridized carbons (Fsp3) is 0.533. The highest BCUT2D eigenvalue weighted by Crippen LogP contribution is 2.15. The summed E-state index contributed by atoms with van der Waals surface area (Å²) in [5.74, 6) is 0. The van der Waals surface area contributed by atoms with Crippen LogP contribution in [0.25, 0.3) is 0 Å². The van der Waals surface area contributed by atoms with Crippen LogP contribution < -0.4 is 16.0 Å². The summed E-state index contributed by atoms with van der Waals surface area (Å²) in [6, 6.07) is 8.29. The molecule has 5 heteroatoms. The van der Waals surface area contributed by atoms with Crippen LogP contribution in [0, 0.1) is 0 Å². The van der Waals surface area contributed by atoms with Crippen LogP contribution in [0.5, 0.6) is 0 Å². The van der Waals surface area contributed by atoms with Crippen molar-refractivity contribution in [1.82, 2.24) is 15.5 Å². The SMILES string of the molecule is CNC(C)c1ccc(NC(=O)NCC(C)N(C)C)cc1. The van der Waals surface area contributed by atoms with Gasteiger partial charge in [0.1, 0.15) is 0 Å². The highest BCUT2D eigenvalue weighted by atomic mass is 16.2. The van der Waals surface area contributed by atoms with E-state index in [-0.39, 0.29) is 6.03 Å². The summed E-state index contributed by atoms with van der Waals surface area (Å²) in [6.45, 7) is 4.78. The van der Waals surface area contributed by atoms with Gasteiger partial charge < -0.3 is 20.9 Å². The molecule has 0 saturated heterocycles. The van der Waals surface area contributed by atoms with Gasteiger partial charge in [0.25, 0.3) is 0 Å². The number of urea groups is 1. The number of anilines is 1. The second kappa shape index (κ2) is 7.87. The van der Waals surface area contributed by atoms with Crippen LogP contribution in [0.3, 0.4) is 0 Å². The van der Waals surface area contributed by atoms with Gasteiger partial charge in [-0.2, -0.15) is 0 Å². The first-order valence-corrected chi connectivity index (χ1v) is 6.92. The zero-order chi connectivity index (χ0) is 15.1. The first kappa shape index (κ1) is 16.5. The number of hydrogen-bond acceptors (Lipinski definition) is 3. The van der Waals surface area contributed by atoms with Crippen molar-refractivity contribution in [2.45, 2.75) is 25.9 Å². The average Bonchev–Trinajstić information content (AvgIpc) is 2.44. The van der Waals surface area contributed by atoms with Gasteiger partial charge in [-0.05, 0) is 52.7 Å². The zero-order valence-corrected chi connectivity index (χ0v) is 13.0. The molecule has 0 spiro atoms. The molecule has 0 heterocycles. The van der Waals surface area contributed by atoms with Gasteiger partial charge in [0.05, 0.1) is 0 Å². The highest BCUT2D eigenvalue weighted by Gasteiger charge is 2.07. The van der Waals surface area contributed by atoms with Crippen molar-refractivity contribution in [3.63, 3.8) is 0 Å². The molecular formula is C15H26N4O. The molecule has 0 bridgehead atoms. The van der Waals surface area contributed by atoms with Gasteiger partial charge in [-0.3, -0.25) is 0 Å². The summed E-state index contributed by atoms with van der Waals surface area (Å²) in [4.78, 5) is 13.8. The number of nitrogens with one attached hydrogen (secondary N) is 3. The molecule has 0 aliphatic carbocycles. The Morgan fingerprint density at radius 2 is 1.80 bits per heavy atom. The van der Waals surface area contributed by atoms with Gasteiger partial charge in [0.15, 0.2) is 0 Å². The van der Waals surface area contributed by atoms with E-state index in [0.717, 1.165) is 5.69 Å². The first-order chi connectivity index (χ1) is 9.43. The number of amides is 2. The fourth-order valence-corrected chi connectivity index (χ4v) is 1.62. The zero-order valence-electron chi connectivity index (χ0n) is 13.0. The Kier molecular flexibility index (Phi) is 6.48. The average molecular weight is 278 g/mol. The molecule has 0 aliphatic heterocycles. The molecular weight excluding hydrogens is 252 g/mol. The maximum Gasteiger partial charge on any atom is 0.319 e. The second-order valence-corrected chi connectivity index (χ2v) is 5.28. The van der Waals surface area contributed by atoms with Crippen LogP contribution in [0.15, 0.2) is 24.3 Å². The van der Waals surface area contributed by atoms with Gasteiger partial charge >= 0.3 is 6.03 Å². The van der Waals surface area contributed by atoms with Crippen LogP contribution in [0.1, 0.15) is 25.5 Å². The Balaban J connectivity index is 2.46. The van der Waals surface area contributed by atoms with Crippen LogP contribution in [0.2, 0.25) is 0 Å². The lowest BCUT2D eigenvalue weighted by molar-refractivity contribution is 0.245. The summed E-state index contributed by atoms with van der Waals surface area (Å²) in [6.07, 6.45) is 0. The third-order valence-electron chi connectivity index (χ3n) is 3.54. The molecule has 0 aliphatic rings. The van der Waals surface area contributed by atoms with E-state index < -0.39 is 0 Å². The predicted octanol–water partition coefficient (Wildman–Crippen LogP) is 2.04. The van der Waals surface area contributed by atoms with Crippen molar-refractivity contribution in [3.05, 3.63) is 29.8 Å². The van der Waals surface area contributed by atoms with E-state index in [2.05, 4.69) is 34.7 Å². The summed E-state index contributed by atoms with van der Waals surface area (Å²) in [5, 5.41) is 8.87. The van der Waals surface area contributed by atoms with E-state index in [4.69, 9.17) is 0 Å². The van der Waals surface area contributed by atoms with Crippen molar-refractivity contribution in [3.8, 4) is 0 Å². The Bertz CT molecular complexity index is 416. The van der Waals surface area contributed by atoms with Crippen molar-refractivity contribution in [2.24, 2.45) is 0 Å². The van der Waals surface area contributed by atoms with Crippen LogP contribution >= 0.6 is 0 Å². The maximum absolute atomic E-state index is 11.8. The monoisotopic (exact) mass is 278 g/mol. The molecule has 2 unspecified atom stereocenters. The number of likely N-dealkylation sites (N-methyl/N-ethyl adjacent to an activating group) is 1. The van der Waals surface area contributed by atoms with Crippen molar-refractivity contribution in [1.29, 1.82) is 0 Å². The van der Waals surface area contributed by atoms with Crippen LogP contribution in [0.4, 0.5) is 10.5 Å². The summed E-state index contributed by atoms with van der Waals surface area (Å²) in [7, 11) is 5.91. The lowest BCUT2D eigenvalue weighted by Crippen LogP contribution is -2.40. The number of hydrogen-bond donors (Lipinski definition) is 3. The normalized spacial score (nSPS) is 13.9. The third-order valence-corrected chi connectivity index (χ3v) is 3.54. The molecule has 2 amide bonds. The van der Waals surface area contributed by atoms with Crippen molar-refractivity contribution < 1.29 is 4.79 Å². The largest absolute Gasteiger partial charge is 0.336 e. The third kappa shape index (κ3) is 5.19. The summed E-state index contributed by atoms with van der Waals surface area (Å²) < 4.78 is 0. The topological polar surface area (TPSA) is 56.4 Å². The lowest BCUT2D eigenvalue weighted by Gasteiger charge is -2.20. The lowest BCUT2D eigenvalue weighted by atomic mass is 10.1. The Morgan fingerprint density at radius 3 is 2.30 bits per heavy atom. The smallest absolute Gasteiger partial charge is 0.319 e. The van der Waals surface area contributed by atoms with E-state index in [0.29, 0.717) is 18.6 Å². The Morgan fingerprint density at radius 1 is 1.20 bits per heavy atom. The molecule has 0 radical (unpaired) electrons. The number of benzene rings is 1. The van der Waals surface area contributed by atoms with E-state index in [1.54, 1.807) is 0 Å². The molecule has 20 heavy (non-hydrogen) atoms. The quantitative estimate of drug-likeness (QED) is 0.746. The van der Waals surface area contributed by atoms with Crippen molar-refractivity contribution >= 4 is 11.7 Å². The maximum atomic E-state index is 11.8. The first-order valence-electron chi connectivity index (χ1n) is 6.92. The molecule has 0 fully saturated rings. The molecule has 1 aromatic rings. The van der Waals surface area contributed by atoms with Gasteiger partial charge in [0, 0.05) is 24.3 Å². The number of carbonyl (C=O) groups is 1. The van der Waals surface area contributed by atoms with Crippen LogP contribution in [-0.2, 0) is 0 Å². The molecule has 2 atom stereocenters. The molecule has 1 rings (SSSR count). The number of carbonyl (C=O) groups excluding carboxylic acids is 1. The highest BCUT2D eigenvalue weighted by molar-refractivity contribution is 5.89. The van der Waals surface area contributed by atoms with Crippen molar-refractivity contribution in [2.75, 3.05) is 33.0 Å². The van der Waals surface area contributed by atoms with E-state index in [1.165, 1.54) is 5.56 Å². The van der Waals surface area contributed by atoms with Gasteiger partial charge in [-0.15, -0.1) is 0 Å². The summed E-state index contributed by atoms with van der Waals surface area (Å²) in [5.41, 5.74) is 1.99. The molecule has 0 aromatic heterocycles. The van der Waals surface area contributed by atoms with Gasteiger partial charge in [-0.1, -0.05) is 12.1 Å². The number of nitrogens with zero attached hydrogens (tertiary/aromatic N) is 1. The summed E-state index contributed by atoms with van der Waals surface area (Å²) >= 11 is 0. The predicted molar refractivity (Wildman–Crippen MR) is 84.1 cm³/mol. The van der Waals surface area contributed by atoms with E-state index in [9.17, 15) is 4.79 Å². The Hall–Kier alpha value is -1.59. The Labute approximate surface area is 121 Å². The minimum absolute atomic E-state index is 0.173. The molecule has 112 valence electrons. The molecule has 1 aromatic carbocycles. The van der Waals surface area contributed by atoms with Gasteiger partial charge in [-0.25, -0.2) is 4.79 Å². The van der Waals surface area contributed by atoms with Crippen LogP contribution in [-0.4, -0.2) is 44.7 Å². The second-order valence-electron chi connectivity index (χ2n) is 5.28. The van der Waals surface area contributed by atoms with E-state index >= 15 is 0 Å². The van der Waals surface area contributed by atoms with E-state index in [1.807, 2.05) is 45.4 Å². The fourth-order valence-electron chi connectivity index (χ4n) is 1.62. The minimum Gasteiger partial charge on any atom is -0.336 e. The minimum atomic E-state index is -0.173. The molecule has 5 nitrogen and oxygen atoms in total. The molecule has 3 N–H and O–H groups in total. The molecule has 0 saturated carbocycles. The number of rotatable bonds is 6. The van der Waals surface area contributed by atoms with Gasteiger partial charge in [0.2, 0.25) is 0 Å².